The molecule has 78 valence electrons. The molecule has 0 amide bonds. The van der Waals surface area contributed by atoms with Gasteiger partial charge in [-0.2, -0.15) is 5.26 Å². The Labute approximate surface area is 90.5 Å². The highest BCUT2D eigenvalue weighted by molar-refractivity contribution is 5.45. The van der Waals surface area contributed by atoms with E-state index in [1.165, 1.54) is 5.56 Å². The summed E-state index contributed by atoms with van der Waals surface area (Å²) in [5.41, 5.74) is 1.93. The maximum atomic E-state index is 8.87. The third-order valence-corrected chi connectivity index (χ3v) is 3.03. The Morgan fingerprint density at radius 3 is 2.93 bits per heavy atom. The van der Waals surface area contributed by atoms with Crippen molar-refractivity contribution in [3.63, 3.8) is 0 Å². The van der Waals surface area contributed by atoms with Gasteiger partial charge in [-0.15, -0.1) is 0 Å². The molecule has 2 rings (SSSR count). The van der Waals surface area contributed by atoms with Crippen LogP contribution in [0.3, 0.4) is 0 Å². The summed E-state index contributed by atoms with van der Waals surface area (Å²) >= 11 is 0. The molecule has 1 aromatic carbocycles. The Kier molecular flexibility index (Phi) is 2.64. The van der Waals surface area contributed by atoms with E-state index in [0.717, 1.165) is 24.3 Å². The highest BCUT2D eigenvalue weighted by Crippen LogP contribution is 2.38. The lowest BCUT2D eigenvalue weighted by Gasteiger charge is -2.28. The van der Waals surface area contributed by atoms with E-state index in [2.05, 4.69) is 19.9 Å². The van der Waals surface area contributed by atoms with Crippen LogP contribution in [-0.2, 0) is 0 Å². The lowest BCUT2D eigenvalue weighted by atomic mass is 9.83. The highest BCUT2D eigenvalue weighted by Gasteiger charge is 2.24. The summed E-state index contributed by atoms with van der Waals surface area (Å²) in [6, 6.07) is 7.89. The van der Waals surface area contributed by atoms with Crippen LogP contribution in [0.25, 0.3) is 0 Å². The summed E-state index contributed by atoms with van der Waals surface area (Å²) in [5, 5.41) is 8.87. The van der Waals surface area contributed by atoms with Gasteiger partial charge in [-0.1, -0.05) is 13.8 Å². The first-order valence-corrected chi connectivity index (χ1v) is 5.39. The van der Waals surface area contributed by atoms with E-state index in [4.69, 9.17) is 10.00 Å². The minimum atomic E-state index is 0.530. The smallest absolute Gasteiger partial charge is 0.122 e. The van der Waals surface area contributed by atoms with Gasteiger partial charge < -0.3 is 4.74 Å². The van der Waals surface area contributed by atoms with E-state index < -0.39 is 0 Å². The summed E-state index contributed by atoms with van der Waals surface area (Å²) in [7, 11) is 0. The molecule has 2 nitrogen and oxygen atoms in total. The average molecular weight is 201 g/mol. The fraction of sp³-hybridized carbons (Fsp3) is 0.462. The first kappa shape index (κ1) is 10.0. The van der Waals surface area contributed by atoms with E-state index >= 15 is 0 Å². The number of benzene rings is 1. The molecule has 0 saturated heterocycles. The minimum absolute atomic E-state index is 0.530. The zero-order chi connectivity index (χ0) is 10.8. The molecule has 0 fully saturated rings. The molecule has 2 heteroatoms. The van der Waals surface area contributed by atoms with Crippen LogP contribution in [0.15, 0.2) is 18.2 Å². The largest absolute Gasteiger partial charge is 0.493 e. The van der Waals surface area contributed by atoms with Gasteiger partial charge in [0, 0.05) is 0 Å². The van der Waals surface area contributed by atoms with Gasteiger partial charge in [-0.05, 0) is 42.0 Å². The highest BCUT2D eigenvalue weighted by atomic mass is 16.5. The molecule has 1 heterocycles. The van der Waals surface area contributed by atoms with Crippen LogP contribution in [0.5, 0.6) is 5.75 Å². The standard InChI is InChI=1S/C13H15NO/c1-9(2)11-5-6-15-13-4-3-10(8-14)7-12(11)13/h3-4,7,9,11H,5-6H2,1-2H3/t11-/m1/s1. The van der Waals surface area contributed by atoms with Crippen molar-refractivity contribution in [2.24, 2.45) is 5.92 Å². The van der Waals surface area contributed by atoms with Crippen molar-refractivity contribution in [3.05, 3.63) is 29.3 Å². The van der Waals surface area contributed by atoms with Crippen LogP contribution in [-0.4, -0.2) is 6.61 Å². The van der Waals surface area contributed by atoms with Gasteiger partial charge in [0.25, 0.3) is 0 Å². The van der Waals surface area contributed by atoms with E-state index in [0.29, 0.717) is 11.8 Å². The van der Waals surface area contributed by atoms with Crippen LogP contribution >= 0.6 is 0 Å². The van der Waals surface area contributed by atoms with Crippen LogP contribution in [0.2, 0.25) is 0 Å². The summed E-state index contributed by atoms with van der Waals surface area (Å²) in [6.45, 7) is 5.24. The summed E-state index contributed by atoms with van der Waals surface area (Å²) < 4.78 is 5.59. The SMILES string of the molecule is CC(C)[C@H]1CCOc2ccc(C#N)cc21. The van der Waals surface area contributed by atoms with Crippen molar-refractivity contribution in [1.29, 1.82) is 5.26 Å². The molecule has 0 unspecified atom stereocenters. The van der Waals surface area contributed by atoms with Crippen LogP contribution in [0, 0.1) is 17.2 Å². The van der Waals surface area contributed by atoms with Gasteiger partial charge in [-0.25, -0.2) is 0 Å². The van der Waals surface area contributed by atoms with Crippen LogP contribution in [0.1, 0.15) is 37.3 Å². The number of hydrogen-bond donors (Lipinski definition) is 0. The lowest BCUT2D eigenvalue weighted by molar-refractivity contribution is 0.247. The van der Waals surface area contributed by atoms with Crippen molar-refractivity contribution in [1.82, 2.24) is 0 Å². The normalized spacial score (nSPS) is 19.2. The fourth-order valence-electron chi connectivity index (χ4n) is 2.18. The van der Waals surface area contributed by atoms with Gasteiger partial charge in [0.05, 0.1) is 18.2 Å². The maximum Gasteiger partial charge on any atom is 0.122 e. The number of nitriles is 1. The Morgan fingerprint density at radius 2 is 2.27 bits per heavy atom. The molecule has 0 saturated carbocycles. The molecule has 1 aliphatic heterocycles. The molecule has 0 aromatic heterocycles. The predicted octanol–water partition coefficient (Wildman–Crippen LogP) is 3.08. The Morgan fingerprint density at radius 1 is 1.47 bits per heavy atom. The van der Waals surface area contributed by atoms with Gasteiger partial charge >= 0.3 is 0 Å². The Bertz CT molecular complexity index is 403. The van der Waals surface area contributed by atoms with E-state index in [9.17, 15) is 0 Å². The third-order valence-electron chi connectivity index (χ3n) is 3.03. The number of nitrogens with zero attached hydrogens (tertiary/aromatic N) is 1. The molecule has 1 atom stereocenters. The molecule has 0 spiro atoms. The number of hydrogen-bond acceptors (Lipinski definition) is 2. The maximum absolute atomic E-state index is 8.87. The molecule has 0 N–H and O–H groups in total. The molecule has 0 bridgehead atoms. The molecule has 0 radical (unpaired) electrons. The number of ether oxygens (including phenoxy) is 1. The third kappa shape index (κ3) is 1.83. The van der Waals surface area contributed by atoms with Gasteiger partial charge in [0.2, 0.25) is 0 Å². The van der Waals surface area contributed by atoms with Gasteiger partial charge in [0.15, 0.2) is 0 Å². The second kappa shape index (κ2) is 3.94. The van der Waals surface area contributed by atoms with Crippen LogP contribution in [0.4, 0.5) is 0 Å². The second-order valence-corrected chi connectivity index (χ2v) is 4.35. The molecule has 0 aliphatic carbocycles. The van der Waals surface area contributed by atoms with Gasteiger partial charge in [0.1, 0.15) is 5.75 Å². The topological polar surface area (TPSA) is 33.0 Å². The molecular weight excluding hydrogens is 186 g/mol. The number of fused-ring (bicyclic) bond motifs is 1. The van der Waals surface area contributed by atoms with Crippen molar-refractivity contribution in [3.8, 4) is 11.8 Å². The summed E-state index contributed by atoms with van der Waals surface area (Å²) in [4.78, 5) is 0. The summed E-state index contributed by atoms with van der Waals surface area (Å²) in [6.07, 6.45) is 1.06. The fourth-order valence-corrected chi connectivity index (χ4v) is 2.18. The molecule has 1 aromatic rings. The Balaban J connectivity index is 2.45. The van der Waals surface area contributed by atoms with Crippen molar-refractivity contribution in [2.45, 2.75) is 26.2 Å². The first-order chi connectivity index (χ1) is 7.22. The van der Waals surface area contributed by atoms with Gasteiger partial charge in [-0.3, -0.25) is 0 Å². The quantitative estimate of drug-likeness (QED) is 0.699. The van der Waals surface area contributed by atoms with E-state index in [1.807, 2.05) is 18.2 Å². The first-order valence-electron chi connectivity index (χ1n) is 5.39. The lowest BCUT2D eigenvalue weighted by Crippen LogP contribution is -2.18. The predicted molar refractivity (Wildman–Crippen MR) is 58.8 cm³/mol. The molecule has 15 heavy (non-hydrogen) atoms. The van der Waals surface area contributed by atoms with E-state index in [-0.39, 0.29) is 0 Å². The zero-order valence-electron chi connectivity index (χ0n) is 9.16. The monoisotopic (exact) mass is 201 g/mol. The average Bonchev–Trinajstić information content (AvgIpc) is 2.27. The second-order valence-electron chi connectivity index (χ2n) is 4.35. The van der Waals surface area contributed by atoms with Crippen molar-refractivity contribution in [2.75, 3.05) is 6.61 Å². The van der Waals surface area contributed by atoms with Crippen molar-refractivity contribution < 1.29 is 4.74 Å². The van der Waals surface area contributed by atoms with Crippen molar-refractivity contribution >= 4 is 0 Å². The zero-order valence-corrected chi connectivity index (χ0v) is 9.16. The van der Waals surface area contributed by atoms with E-state index in [1.54, 1.807) is 0 Å². The molecule has 1 aliphatic rings. The molecular formula is C13H15NO. The minimum Gasteiger partial charge on any atom is -0.493 e. The number of rotatable bonds is 1. The Hall–Kier alpha value is -1.49. The van der Waals surface area contributed by atoms with Crippen LogP contribution < -0.4 is 4.74 Å². The summed E-state index contributed by atoms with van der Waals surface area (Å²) in [5.74, 6) is 2.09.